The lowest BCUT2D eigenvalue weighted by atomic mass is 10.2. The Bertz CT molecular complexity index is 329. The highest BCUT2D eigenvalue weighted by molar-refractivity contribution is 9.10. The van der Waals surface area contributed by atoms with Gasteiger partial charge in [0.15, 0.2) is 0 Å². The Kier molecular flexibility index (Phi) is 4.79. The van der Waals surface area contributed by atoms with E-state index in [1.54, 1.807) is 11.3 Å². The molecule has 0 bridgehead atoms. The first-order valence-electron chi connectivity index (χ1n) is 5.59. The second kappa shape index (κ2) is 6.12. The lowest BCUT2D eigenvalue weighted by molar-refractivity contribution is 0.235. The van der Waals surface area contributed by atoms with E-state index in [2.05, 4.69) is 50.0 Å². The maximum absolute atomic E-state index is 3.53. The Morgan fingerprint density at radius 2 is 2.56 bits per heavy atom. The van der Waals surface area contributed by atoms with Crippen molar-refractivity contribution in [1.82, 2.24) is 15.5 Å². The predicted molar refractivity (Wildman–Crippen MR) is 73.0 cm³/mol. The number of piperazine rings is 1. The molecular weight excluding hydrogens is 286 g/mol. The van der Waals surface area contributed by atoms with Gasteiger partial charge in [-0.15, -0.1) is 11.3 Å². The Morgan fingerprint density at radius 1 is 1.69 bits per heavy atom. The number of halogens is 1. The summed E-state index contributed by atoms with van der Waals surface area (Å²) in [6, 6.07) is 2.76. The summed E-state index contributed by atoms with van der Waals surface area (Å²) in [5, 5.41) is 9.17. The number of nitrogens with zero attached hydrogens (tertiary/aromatic N) is 1. The Balaban J connectivity index is 1.67. The summed E-state index contributed by atoms with van der Waals surface area (Å²) in [6.07, 6.45) is 0. The summed E-state index contributed by atoms with van der Waals surface area (Å²) in [6.45, 7) is 5.42. The maximum Gasteiger partial charge on any atom is 0.0320 e. The summed E-state index contributed by atoms with van der Waals surface area (Å²) in [7, 11) is 2.18. The summed E-state index contributed by atoms with van der Waals surface area (Å²) < 4.78 is 1.19. The minimum atomic E-state index is 0.585. The van der Waals surface area contributed by atoms with E-state index < -0.39 is 0 Å². The molecule has 0 aromatic carbocycles. The minimum Gasteiger partial charge on any atom is -0.310 e. The van der Waals surface area contributed by atoms with Gasteiger partial charge in [-0.2, -0.15) is 0 Å². The number of rotatable bonds is 4. The number of hydrogen-bond acceptors (Lipinski definition) is 4. The van der Waals surface area contributed by atoms with E-state index in [0.29, 0.717) is 6.04 Å². The maximum atomic E-state index is 3.53. The van der Waals surface area contributed by atoms with Crippen molar-refractivity contribution < 1.29 is 0 Å². The van der Waals surface area contributed by atoms with Gasteiger partial charge in [-0.05, 0) is 29.0 Å². The second-order valence-corrected chi connectivity index (χ2v) is 6.19. The number of thiophene rings is 1. The molecule has 90 valence electrons. The first kappa shape index (κ1) is 12.5. The molecule has 3 nitrogen and oxygen atoms in total. The van der Waals surface area contributed by atoms with E-state index in [0.717, 1.165) is 32.7 Å². The van der Waals surface area contributed by atoms with E-state index in [4.69, 9.17) is 0 Å². The highest BCUT2D eigenvalue weighted by Gasteiger charge is 2.15. The van der Waals surface area contributed by atoms with Crippen LogP contribution >= 0.6 is 27.3 Å². The molecule has 0 radical (unpaired) electrons. The van der Waals surface area contributed by atoms with Gasteiger partial charge in [0.2, 0.25) is 0 Å². The van der Waals surface area contributed by atoms with Crippen molar-refractivity contribution >= 4 is 27.3 Å². The Morgan fingerprint density at radius 3 is 3.25 bits per heavy atom. The van der Waals surface area contributed by atoms with Crippen LogP contribution in [0.4, 0.5) is 0 Å². The fourth-order valence-electron chi connectivity index (χ4n) is 1.94. The van der Waals surface area contributed by atoms with Crippen molar-refractivity contribution in [2.45, 2.75) is 12.6 Å². The van der Waals surface area contributed by atoms with Crippen LogP contribution in [-0.2, 0) is 6.54 Å². The van der Waals surface area contributed by atoms with Gasteiger partial charge < -0.3 is 15.5 Å². The Hall–Kier alpha value is 0.0600. The molecule has 1 aliphatic heterocycles. The molecule has 0 spiro atoms. The molecule has 2 heterocycles. The SMILES string of the molecule is CN1CCNC(CNCc2cc(Br)cs2)C1. The standard InChI is InChI=1S/C11H18BrN3S/c1-15-3-2-14-10(7-15)5-13-6-11-4-9(12)8-16-11/h4,8,10,13-14H,2-3,5-7H2,1H3. The molecule has 1 fully saturated rings. The lowest BCUT2D eigenvalue weighted by Crippen LogP contribution is -2.52. The quantitative estimate of drug-likeness (QED) is 0.883. The molecule has 0 aliphatic carbocycles. The molecule has 1 unspecified atom stereocenters. The van der Waals surface area contributed by atoms with Crippen LogP contribution in [0.3, 0.4) is 0 Å². The van der Waals surface area contributed by atoms with Crippen LogP contribution in [0.1, 0.15) is 4.88 Å². The van der Waals surface area contributed by atoms with Gasteiger partial charge in [0, 0.05) is 53.5 Å². The van der Waals surface area contributed by atoms with Crippen LogP contribution in [0.5, 0.6) is 0 Å². The van der Waals surface area contributed by atoms with Crippen LogP contribution in [0.15, 0.2) is 15.9 Å². The van der Waals surface area contributed by atoms with Crippen LogP contribution in [0, 0.1) is 0 Å². The molecule has 0 amide bonds. The highest BCUT2D eigenvalue weighted by Crippen LogP contribution is 2.19. The molecule has 1 atom stereocenters. The first-order chi connectivity index (χ1) is 7.74. The predicted octanol–water partition coefficient (Wildman–Crippen LogP) is 1.50. The molecule has 1 aromatic heterocycles. The van der Waals surface area contributed by atoms with Gasteiger partial charge in [-0.3, -0.25) is 0 Å². The van der Waals surface area contributed by atoms with Crippen molar-refractivity contribution in [2.75, 3.05) is 33.2 Å². The first-order valence-corrected chi connectivity index (χ1v) is 7.27. The van der Waals surface area contributed by atoms with Crippen LogP contribution < -0.4 is 10.6 Å². The number of nitrogens with one attached hydrogen (secondary N) is 2. The second-order valence-electron chi connectivity index (χ2n) is 4.28. The smallest absolute Gasteiger partial charge is 0.0320 e. The average molecular weight is 304 g/mol. The fraction of sp³-hybridized carbons (Fsp3) is 0.636. The minimum absolute atomic E-state index is 0.585. The van der Waals surface area contributed by atoms with Gasteiger partial charge in [-0.1, -0.05) is 0 Å². The van der Waals surface area contributed by atoms with E-state index in [9.17, 15) is 0 Å². The third-order valence-corrected chi connectivity index (χ3v) is 4.47. The molecule has 1 aromatic rings. The summed E-state index contributed by atoms with van der Waals surface area (Å²) in [5.74, 6) is 0. The van der Waals surface area contributed by atoms with Gasteiger partial charge in [0.25, 0.3) is 0 Å². The molecule has 2 N–H and O–H groups in total. The normalized spacial score (nSPS) is 22.5. The van der Waals surface area contributed by atoms with Crippen LogP contribution in [-0.4, -0.2) is 44.2 Å². The van der Waals surface area contributed by atoms with Crippen molar-refractivity contribution in [2.24, 2.45) is 0 Å². The summed E-state index contributed by atoms with van der Waals surface area (Å²) in [4.78, 5) is 3.76. The average Bonchev–Trinajstić information content (AvgIpc) is 2.64. The third-order valence-electron chi connectivity index (χ3n) is 2.77. The molecule has 16 heavy (non-hydrogen) atoms. The number of likely N-dealkylation sites (N-methyl/N-ethyl adjacent to an activating group) is 1. The fourth-order valence-corrected chi connectivity index (χ4v) is 3.37. The van der Waals surface area contributed by atoms with E-state index in [1.165, 1.54) is 9.35 Å². The molecule has 1 saturated heterocycles. The van der Waals surface area contributed by atoms with Gasteiger partial charge in [-0.25, -0.2) is 0 Å². The highest BCUT2D eigenvalue weighted by atomic mass is 79.9. The topological polar surface area (TPSA) is 27.3 Å². The number of hydrogen-bond donors (Lipinski definition) is 2. The molecule has 0 saturated carbocycles. The van der Waals surface area contributed by atoms with Crippen molar-refractivity contribution in [1.29, 1.82) is 0 Å². The zero-order chi connectivity index (χ0) is 11.4. The summed E-state index contributed by atoms with van der Waals surface area (Å²) >= 11 is 5.27. The monoisotopic (exact) mass is 303 g/mol. The van der Waals surface area contributed by atoms with Crippen molar-refractivity contribution in [3.63, 3.8) is 0 Å². The van der Waals surface area contributed by atoms with Crippen LogP contribution in [0.2, 0.25) is 0 Å². The third kappa shape index (κ3) is 3.82. The molecule has 2 rings (SSSR count). The van der Waals surface area contributed by atoms with E-state index in [-0.39, 0.29) is 0 Å². The molecular formula is C11H18BrN3S. The van der Waals surface area contributed by atoms with Gasteiger partial charge in [0.1, 0.15) is 0 Å². The lowest BCUT2D eigenvalue weighted by Gasteiger charge is -2.31. The summed E-state index contributed by atoms with van der Waals surface area (Å²) in [5.41, 5.74) is 0. The van der Waals surface area contributed by atoms with Gasteiger partial charge >= 0.3 is 0 Å². The zero-order valence-corrected chi connectivity index (χ0v) is 11.9. The van der Waals surface area contributed by atoms with Crippen molar-refractivity contribution in [3.05, 3.63) is 20.8 Å². The largest absolute Gasteiger partial charge is 0.310 e. The van der Waals surface area contributed by atoms with Crippen molar-refractivity contribution in [3.8, 4) is 0 Å². The molecule has 5 heteroatoms. The van der Waals surface area contributed by atoms with Gasteiger partial charge in [0.05, 0.1) is 0 Å². The van der Waals surface area contributed by atoms with E-state index in [1.807, 2.05) is 0 Å². The van der Waals surface area contributed by atoms with E-state index >= 15 is 0 Å². The molecule has 1 aliphatic rings. The Labute approximate surface area is 109 Å². The van der Waals surface area contributed by atoms with Crippen LogP contribution in [0.25, 0.3) is 0 Å². The zero-order valence-electron chi connectivity index (χ0n) is 9.50.